The fourth-order valence-electron chi connectivity index (χ4n) is 3.50. The number of esters is 1. The van der Waals surface area contributed by atoms with Gasteiger partial charge in [0, 0.05) is 19.6 Å². The molecule has 8 heteroatoms. The van der Waals surface area contributed by atoms with E-state index in [1.54, 1.807) is 34.6 Å². The molecule has 2 heterocycles. The van der Waals surface area contributed by atoms with Gasteiger partial charge in [-0.1, -0.05) is 0 Å². The van der Waals surface area contributed by atoms with Gasteiger partial charge in [-0.25, -0.2) is 9.78 Å². The van der Waals surface area contributed by atoms with Gasteiger partial charge < -0.3 is 18.9 Å². The Bertz CT molecular complexity index is 958. The van der Waals surface area contributed by atoms with Crippen LogP contribution in [0.15, 0.2) is 23.0 Å². The van der Waals surface area contributed by atoms with Crippen LogP contribution in [0.25, 0.3) is 11.0 Å². The van der Waals surface area contributed by atoms with Crippen LogP contribution < -0.4 is 5.56 Å². The second kappa shape index (κ2) is 8.10. The summed E-state index contributed by atoms with van der Waals surface area (Å²) in [6.07, 6.45) is -0.0938. The number of rotatable bonds is 4. The first kappa shape index (κ1) is 20.0. The predicted molar refractivity (Wildman–Crippen MR) is 103 cm³/mol. The summed E-state index contributed by atoms with van der Waals surface area (Å²) < 4.78 is 12.4. The Morgan fingerprint density at radius 3 is 2.57 bits per heavy atom. The molecule has 1 fully saturated rings. The van der Waals surface area contributed by atoms with Crippen LogP contribution in [0.4, 0.5) is 0 Å². The molecule has 1 aromatic carbocycles. The number of morpholine rings is 1. The average Bonchev–Trinajstić information content (AvgIpc) is 2.65. The Kier molecular flexibility index (Phi) is 5.79. The summed E-state index contributed by atoms with van der Waals surface area (Å²) >= 11 is 0. The van der Waals surface area contributed by atoms with Gasteiger partial charge in [0.1, 0.15) is 5.69 Å². The largest absolute Gasteiger partial charge is 0.452 e. The van der Waals surface area contributed by atoms with Crippen LogP contribution in [0.2, 0.25) is 0 Å². The second-order valence-electron chi connectivity index (χ2n) is 7.08. The van der Waals surface area contributed by atoms with Crippen molar-refractivity contribution in [2.45, 2.75) is 46.4 Å². The summed E-state index contributed by atoms with van der Waals surface area (Å²) in [6.45, 7) is 8.47. The summed E-state index contributed by atoms with van der Waals surface area (Å²) in [6, 6.07) is 4.84. The van der Waals surface area contributed by atoms with E-state index in [0.29, 0.717) is 36.4 Å². The number of nitrogens with zero attached hydrogens (tertiary/aromatic N) is 3. The van der Waals surface area contributed by atoms with E-state index in [9.17, 15) is 14.4 Å². The van der Waals surface area contributed by atoms with Crippen molar-refractivity contribution in [3.63, 3.8) is 0 Å². The van der Waals surface area contributed by atoms with Crippen molar-refractivity contribution in [2.75, 3.05) is 19.7 Å². The van der Waals surface area contributed by atoms with Crippen LogP contribution in [0.5, 0.6) is 0 Å². The van der Waals surface area contributed by atoms with Crippen molar-refractivity contribution in [1.82, 2.24) is 14.5 Å². The molecule has 1 aliphatic heterocycles. The second-order valence-corrected chi connectivity index (χ2v) is 7.08. The summed E-state index contributed by atoms with van der Waals surface area (Å²) in [4.78, 5) is 42.8. The minimum Gasteiger partial charge on any atom is -0.452 e. The summed E-state index contributed by atoms with van der Waals surface area (Å²) in [5.41, 5.74) is 1.70. The maximum absolute atomic E-state index is 12.4. The van der Waals surface area contributed by atoms with E-state index in [-0.39, 0.29) is 35.8 Å². The van der Waals surface area contributed by atoms with Crippen LogP contribution >= 0.6 is 0 Å². The normalized spacial score (nSPS) is 19.6. The number of hydrogen-bond acceptors (Lipinski definition) is 6. The Morgan fingerprint density at radius 2 is 1.93 bits per heavy atom. The van der Waals surface area contributed by atoms with Crippen LogP contribution in [0.1, 0.15) is 36.8 Å². The first-order valence-corrected chi connectivity index (χ1v) is 9.41. The van der Waals surface area contributed by atoms with Gasteiger partial charge in [0.05, 0.1) is 28.8 Å². The van der Waals surface area contributed by atoms with Crippen molar-refractivity contribution in [3.8, 4) is 0 Å². The Morgan fingerprint density at radius 1 is 1.25 bits per heavy atom. The van der Waals surface area contributed by atoms with Crippen molar-refractivity contribution in [1.29, 1.82) is 0 Å². The molecular weight excluding hydrogens is 362 g/mol. The molecule has 1 amide bonds. The average molecular weight is 387 g/mol. The number of hydrogen-bond donors (Lipinski definition) is 0. The van der Waals surface area contributed by atoms with Crippen LogP contribution in [-0.2, 0) is 20.8 Å². The third kappa shape index (κ3) is 4.06. The first-order valence-electron chi connectivity index (χ1n) is 9.41. The van der Waals surface area contributed by atoms with Crippen molar-refractivity contribution >= 4 is 22.9 Å². The zero-order valence-electron chi connectivity index (χ0n) is 16.6. The summed E-state index contributed by atoms with van der Waals surface area (Å²) in [5.74, 6) is -0.844. The lowest BCUT2D eigenvalue weighted by Crippen LogP contribution is -2.49. The maximum atomic E-state index is 12.4. The van der Waals surface area contributed by atoms with Gasteiger partial charge in [-0.3, -0.25) is 9.59 Å². The molecule has 0 bridgehead atoms. The summed E-state index contributed by atoms with van der Waals surface area (Å²) in [5, 5.41) is 0. The lowest BCUT2D eigenvalue weighted by atomic mass is 10.2. The molecule has 2 atom stereocenters. The molecule has 150 valence electrons. The zero-order chi connectivity index (χ0) is 20.4. The Labute approximate surface area is 163 Å². The van der Waals surface area contributed by atoms with Gasteiger partial charge in [-0.05, 0) is 45.9 Å². The molecule has 0 saturated carbocycles. The molecule has 0 aliphatic carbocycles. The molecule has 2 aromatic rings. The quantitative estimate of drug-likeness (QED) is 0.739. The van der Waals surface area contributed by atoms with Gasteiger partial charge in [-0.2, -0.15) is 0 Å². The molecule has 0 unspecified atom stereocenters. The highest BCUT2D eigenvalue weighted by Gasteiger charge is 2.26. The van der Waals surface area contributed by atoms with Crippen molar-refractivity contribution in [2.24, 2.45) is 0 Å². The molecular formula is C20H25N3O5. The van der Waals surface area contributed by atoms with Gasteiger partial charge in [-0.15, -0.1) is 0 Å². The number of aromatic nitrogens is 2. The van der Waals surface area contributed by atoms with Crippen molar-refractivity contribution < 1.29 is 19.1 Å². The minimum absolute atomic E-state index is 0.0469. The Hall–Kier alpha value is -2.74. The molecule has 3 rings (SSSR count). The van der Waals surface area contributed by atoms with Gasteiger partial charge in [0.15, 0.2) is 6.61 Å². The highest BCUT2D eigenvalue weighted by molar-refractivity contribution is 5.94. The van der Waals surface area contributed by atoms with Gasteiger partial charge in [0.2, 0.25) is 0 Å². The molecule has 0 N–H and O–H groups in total. The van der Waals surface area contributed by atoms with Crippen LogP contribution in [0, 0.1) is 6.92 Å². The minimum atomic E-state index is -0.599. The molecule has 1 saturated heterocycles. The fourth-order valence-corrected chi connectivity index (χ4v) is 3.50. The molecule has 28 heavy (non-hydrogen) atoms. The number of fused-ring (bicyclic) bond motifs is 1. The smallest absolute Gasteiger partial charge is 0.338 e. The van der Waals surface area contributed by atoms with E-state index in [0.717, 1.165) is 0 Å². The lowest BCUT2D eigenvalue weighted by Gasteiger charge is -2.35. The van der Waals surface area contributed by atoms with E-state index in [1.807, 2.05) is 20.8 Å². The standard InChI is InChI=1S/C20H25N3O5/c1-5-23-17-7-6-15(8-16(17)21-14(4)19(23)25)20(26)27-11-18(24)22-9-12(2)28-13(3)10-22/h6-8,12-13H,5,9-11H2,1-4H3/t12-,13+. The van der Waals surface area contributed by atoms with E-state index >= 15 is 0 Å². The van der Waals surface area contributed by atoms with E-state index in [1.165, 1.54) is 0 Å². The highest BCUT2D eigenvalue weighted by atomic mass is 16.5. The van der Waals surface area contributed by atoms with E-state index in [4.69, 9.17) is 9.47 Å². The molecule has 0 spiro atoms. The third-order valence-electron chi connectivity index (χ3n) is 4.76. The van der Waals surface area contributed by atoms with Crippen LogP contribution in [-0.4, -0.2) is 58.2 Å². The number of carbonyl (C=O) groups is 2. The molecule has 1 aliphatic rings. The third-order valence-corrected chi connectivity index (χ3v) is 4.76. The van der Waals surface area contributed by atoms with E-state index < -0.39 is 5.97 Å². The molecule has 8 nitrogen and oxygen atoms in total. The topological polar surface area (TPSA) is 90.7 Å². The van der Waals surface area contributed by atoms with Gasteiger partial charge >= 0.3 is 5.97 Å². The first-order chi connectivity index (χ1) is 13.3. The number of benzene rings is 1. The monoisotopic (exact) mass is 387 g/mol. The fraction of sp³-hybridized carbons (Fsp3) is 0.500. The molecule has 0 radical (unpaired) electrons. The highest BCUT2D eigenvalue weighted by Crippen LogP contribution is 2.15. The number of aryl methyl sites for hydroxylation is 2. The van der Waals surface area contributed by atoms with Gasteiger partial charge in [0.25, 0.3) is 11.5 Å². The van der Waals surface area contributed by atoms with Crippen molar-refractivity contribution in [3.05, 3.63) is 39.8 Å². The predicted octanol–water partition coefficient (Wildman–Crippen LogP) is 1.52. The summed E-state index contributed by atoms with van der Waals surface area (Å²) in [7, 11) is 0. The number of amides is 1. The van der Waals surface area contributed by atoms with Crippen LogP contribution in [0.3, 0.4) is 0 Å². The SMILES string of the molecule is CCn1c(=O)c(C)nc2cc(C(=O)OCC(=O)N3C[C@@H](C)O[C@@H](C)C3)ccc21. The van der Waals surface area contributed by atoms with E-state index in [2.05, 4.69) is 4.98 Å². The Balaban J connectivity index is 1.72. The molecule has 1 aromatic heterocycles. The zero-order valence-corrected chi connectivity index (χ0v) is 16.6. The number of carbonyl (C=O) groups excluding carboxylic acids is 2. The number of ether oxygens (including phenoxy) is 2. The maximum Gasteiger partial charge on any atom is 0.338 e. The lowest BCUT2D eigenvalue weighted by molar-refractivity contribution is -0.146.